The number of halogens is 1. The van der Waals surface area contributed by atoms with Crippen LogP contribution in [0.5, 0.6) is 5.75 Å². The van der Waals surface area contributed by atoms with Gasteiger partial charge in [0.25, 0.3) is 0 Å². The predicted molar refractivity (Wildman–Crippen MR) is 114 cm³/mol. The number of benzene rings is 2. The lowest BCUT2D eigenvalue weighted by molar-refractivity contribution is 0.301. The Morgan fingerprint density at radius 1 is 1.20 bits per heavy atom. The number of nitrogens with one attached hydrogen (secondary N) is 2. The second-order valence-electron chi connectivity index (χ2n) is 7.68. The Morgan fingerprint density at radius 3 is 2.60 bits per heavy atom. The Labute approximate surface area is 177 Å². The lowest BCUT2D eigenvalue weighted by Crippen LogP contribution is -2.29. The molecule has 2 aromatic carbocycles. The minimum atomic E-state index is -3.59. The molecule has 0 saturated heterocycles. The summed E-state index contributed by atoms with van der Waals surface area (Å²) in [6.07, 6.45) is 2.99. The maximum Gasteiger partial charge on any atom is 0.240 e. The Kier molecular flexibility index (Phi) is 7.46. The minimum Gasteiger partial charge on any atom is -0.494 e. The van der Waals surface area contributed by atoms with E-state index in [1.165, 1.54) is 13.2 Å². The van der Waals surface area contributed by atoms with Gasteiger partial charge in [0.2, 0.25) is 10.0 Å². The summed E-state index contributed by atoms with van der Waals surface area (Å²) in [4.78, 5) is 0.200. The maximum absolute atomic E-state index is 13.6. The largest absolute Gasteiger partial charge is 0.494 e. The molecular formula is C22H29FN2O4S. The summed E-state index contributed by atoms with van der Waals surface area (Å²) in [5, 5.41) is 12.4. The first-order valence-electron chi connectivity index (χ1n) is 10.1. The van der Waals surface area contributed by atoms with Crippen LogP contribution in [0.1, 0.15) is 49.3 Å². The SMILES string of the molecule is COc1cc([C@@H](C)N[C@H]2CCC(c3ccc(S(=O)(=O)NCCO)cc3)C2)ccc1F. The molecule has 164 valence electrons. The Hall–Kier alpha value is -2.00. The first kappa shape index (κ1) is 22.7. The van der Waals surface area contributed by atoms with E-state index < -0.39 is 10.0 Å². The van der Waals surface area contributed by atoms with Crippen molar-refractivity contribution in [3.05, 3.63) is 59.4 Å². The van der Waals surface area contributed by atoms with Crippen LogP contribution in [0.3, 0.4) is 0 Å². The number of methoxy groups -OCH3 is 1. The van der Waals surface area contributed by atoms with Gasteiger partial charge in [-0.05, 0) is 67.5 Å². The van der Waals surface area contributed by atoms with Gasteiger partial charge in [0.15, 0.2) is 11.6 Å². The maximum atomic E-state index is 13.6. The third-order valence-electron chi connectivity index (χ3n) is 5.66. The fourth-order valence-corrected chi connectivity index (χ4v) is 5.03. The molecule has 30 heavy (non-hydrogen) atoms. The van der Waals surface area contributed by atoms with Gasteiger partial charge >= 0.3 is 0 Å². The number of hydrogen-bond donors (Lipinski definition) is 3. The molecule has 1 unspecified atom stereocenters. The molecule has 6 nitrogen and oxygen atoms in total. The van der Waals surface area contributed by atoms with Gasteiger partial charge in [0, 0.05) is 18.6 Å². The molecule has 0 aliphatic heterocycles. The van der Waals surface area contributed by atoms with Crippen molar-refractivity contribution in [2.24, 2.45) is 0 Å². The molecule has 1 saturated carbocycles. The van der Waals surface area contributed by atoms with Gasteiger partial charge in [-0.2, -0.15) is 0 Å². The normalized spacial score (nSPS) is 20.3. The molecule has 8 heteroatoms. The van der Waals surface area contributed by atoms with E-state index in [1.54, 1.807) is 24.3 Å². The standard InChI is InChI=1S/C22H29FN2O4S/c1-15(17-6-10-21(23)22(14-17)29-2)25-19-7-3-18(13-19)16-4-8-20(9-5-16)30(27,28)24-11-12-26/h4-6,8-10,14-15,18-19,24-26H,3,7,11-13H2,1-2H3/t15-,18?,19+/m1/s1. The van der Waals surface area contributed by atoms with Crippen LogP contribution in [-0.2, 0) is 10.0 Å². The van der Waals surface area contributed by atoms with Crippen LogP contribution in [0.15, 0.2) is 47.4 Å². The fraction of sp³-hybridized carbons (Fsp3) is 0.455. The van der Waals surface area contributed by atoms with Crippen molar-refractivity contribution < 1.29 is 22.7 Å². The van der Waals surface area contributed by atoms with E-state index in [0.29, 0.717) is 12.0 Å². The van der Waals surface area contributed by atoms with Gasteiger partial charge < -0.3 is 15.2 Å². The zero-order valence-electron chi connectivity index (χ0n) is 17.3. The van der Waals surface area contributed by atoms with Crippen LogP contribution in [0.25, 0.3) is 0 Å². The molecule has 1 fully saturated rings. The lowest BCUT2D eigenvalue weighted by Gasteiger charge is -2.21. The number of hydrogen-bond acceptors (Lipinski definition) is 5. The van der Waals surface area contributed by atoms with Gasteiger partial charge in [-0.1, -0.05) is 18.2 Å². The van der Waals surface area contributed by atoms with Crippen molar-refractivity contribution in [2.75, 3.05) is 20.3 Å². The van der Waals surface area contributed by atoms with E-state index in [2.05, 4.69) is 17.0 Å². The zero-order valence-corrected chi connectivity index (χ0v) is 18.1. The molecule has 3 atom stereocenters. The third-order valence-corrected chi connectivity index (χ3v) is 7.14. The van der Waals surface area contributed by atoms with Crippen LogP contribution >= 0.6 is 0 Å². The van der Waals surface area contributed by atoms with Crippen molar-refractivity contribution in [1.82, 2.24) is 10.0 Å². The summed E-state index contributed by atoms with van der Waals surface area (Å²) >= 11 is 0. The van der Waals surface area contributed by atoms with Crippen LogP contribution < -0.4 is 14.8 Å². The number of rotatable bonds is 9. The molecule has 2 aromatic rings. The smallest absolute Gasteiger partial charge is 0.240 e. The van der Waals surface area contributed by atoms with Crippen molar-refractivity contribution >= 4 is 10.0 Å². The average Bonchev–Trinajstić information content (AvgIpc) is 3.21. The van der Waals surface area contributed by atoms with Gasteiger partial charge in [0.1, 0.15) is 0 Å². The van der Waals surface area contributed by atoms with Crippen molar-refractivity contribution in [1.29, 1.82) is 0 Å². The summed E-state index contributed by atoms with van der Waals surface area (Å²) in [6, 6.07) is 12.3. The second-order valence-corrected chi connectivity index (χ2v) is 9.45. The topological polar surface area (TPSA) is 87.7 Å². The molecule has 0 heterocycles. The van der Waals surface area contributed by atoms with Gasteiger partial charge in [-0.3, -0.25) is 0 Å². The van der Waals surface area contributed by atoms with Crippen LogP contribution in [0.2, 0.25) is 0 Å². The van der Waals surface area contributed by atoms with E-state index in [1.807, 2.05) is 12.1 Å². The summed E-state index contributed by atoms with van der Waals surface area (Å²) in [6.45, 7) is 1.81. The highest BCUT2D eigenvalue weighted by atomic mass is 32.2. The fourth-order valence-electron chi connectivity index (χ4n) is 4.01. The number of ether oxygens (including phenoxy) is 1. The Balaban J connectivity index is 1.60. The van der Waals surface area contributed by atoms with E-state index in [4.69, 9.17) is 9.84 Å². The first-order valence-corrected chi connectivity index (χ1v) is 11.6. The summed E-state index contributed by atoms with van der Waals surface area (Å²) in [7, 11) is -2.13. The number of sulfonamides is 1. The number of aliphatic hydroxyl groups excluding tert-OH is 1. The lowest BCUT2D eigenvalue weighted by atomic mass is 9.97. The van der Waals surface area contributed by atoms with E-state index in [9.17, 15) is 12.8 Å². The monoisotopic (exact) mass is 436 g/mol. The number of aliphatic hydroxyl groups is 1. The molecule has 0 radical (unpaired) electrons. The highest BCUT2D eigenvalue weighted by Crippen LogP contribution is 2.36. The van der Waals surface area contributed by atoms with Crippen molar-refractivity contribution in [3.8, 4) is 5.75 Å². The van der Waals surface area contributed by atoms with E-state index in [-0.39, 0.29) is 35.7 Å². The quantitative estimate of drug-likeness (QED) is 0.562. The third kappa shape index (κ3) is 5.37. The van der Waals surface area contributed by atoms with Crippen molar-refractivity contribution in [3.63, 3.8) is 0 Å². The first-order chi connectivity index (χ1) is 14.3. The molecule has 0 amide bonds. The molecule has 1 aliphatic rings. The highest BCUT2D eigenvalue weighted by molar-refractivity contribution is 7.89. The van der Waals surface area contributed by atoms with Gasteiger partial charge in [-0.15, -0.1) is 0 Å². The molecule has 0 bridgehead atoms. The zero-order chi connectivity index (χ0) is 21.7. The summed E-state index contributed by atoms with van der Waals surface area (Å²) in [5.41, 5.74) is 2.10. The molecule has 0 aromatic heterocycles. The van der Waals surface area contributed by atoms with Gasteiger partial charge in [0.05, 0.1) is 18.6 Å². The van der Waals surface area contributed by atoms with Crippen LogP contribution in [0, 0.1) is 5.82 Å². The highest BCUT2D eigenvalue weighted by Gasteiger charge is 2.27. The predicted octanol–water partition coefficient (Wildman–Crippen LogP) is 3.09. The minimum absolute atomic E-state index is 0.00181. The second kappa shape index (κ2) is 9.87. The molecule has 3 N–H and O–H groups in total. The molecule has 3 rings (SSSR count). The summed E-state index contributed by atoms with van der Waals surface area (Å²) in [5.74, 6) is 0.236. The van der Waals surface area contributed by atoms with Crippen LogP contribution in [-0.4, -0.2) is 39.8 Å². The Bertz CT molecular complexity index is 950. The Morgan fingerprint density at radius 2 is 1.93 bits per heavy atom. The van der Waals surface area contributed by atoms with E-state index >= 15 is 0 Å². The summed E-state index contributed by atoms with van der Waals surface area (Å²) < 4.78 is 45.3. The van der Waals surface area contributed by atoms with Crippen LogP contribution in [0.4, 0.5) is 4.39 Å². The van der Waals surface area contributed by atoms with Crippen molar-refractivity contribution in [2.45, 2.75) is 49.1 Å². The van der Waals surface area contributed by atoms with Gasteiger partial charge in [-0.25, -0.2) is 17.5 Å². The van der Waals surface area contributed by atoms with E-state index in [0.717, 1.165) is 30.4 Å². The molecule has 0 spiro atoms. The molecular weight excluding hydrogens is 407 g/mol. The average molecular weight is 437 g/mol. The molecule has 1 aliphatic carbocycles.